The molecule has 0 spiro atoms. The molecule has 3 aliphatic rings. The molecule has 30 heavy (non-hydrogen) atoms. The van der Waals surface area contributed by atoms with Gasteiger partial charge in [-0.3, -0.25) is 4.79 Å². The fourth-order valence-corrected chi connectivity index (χ4v) is 7.00. The van der Waals surface area contributed by atoms with Crippen molar-refractivity contribution in [1.29, 1.82) is 5.26 Å². The summed E-state index contributed by atoms with van der Waals surface area (Å²) in [7, 11) is -3.44. The largest absolute Gasteiger partial charge is 0.379 e. The molecule has 1 amide bonds. The molecule has 164 valence electrons. The van der Waals surface area contributed by atoms with Gasteiger partial charge in [0.2, 0.25) is 5.91 Å². The molecule has 0 unspecified atom stereocenters. The number of piperazine rings is 1. The molecule has 1 aromatic heterocycles. The van der Waals surface area contributed by atoms with Gasteiger partial charge in [-0.05, 0) is 24.8 Å². The first kappa shape index (κ1) is 21.7. The molecule has 9 nitrogen and oxygen atoms in total. The van der Waals surface area contributed by atoms with E-state index < -0.39 is 10.2 Å². The number of aryl methyl sites for hydroxylation is 1. The second kappa shape index (κ2) is 9.30. The van der Waals surface area contributed by atoms with Crippen LogP contribution in [0.1, 0.15) is 28.8 Å². The molecular weight excluding hydrogens is 426 g/mol. The van der Waals surface area contributed by atoms with E-state index in [1.54, 1.807) is 0 Å². The number of hydrogen-bond acceptors (Lipinski definition) is 7. The summed E-state index contributed by atoms with van der Waals surface area (Å²) in [6, 6.07) is 2.24. The van der Waals surface area contributed by atoms with Crippen molar-refractivity contribution in [3.63, 3.8) is 0 Å². The van der Waals surface area contributed by atoms with Crippen LogP contribution in [0.4, 0.5) is 5.00 Å². The summed E-state index contributed by atoms with van der Waals surface area (Å²) in [5, 5.41) is 13.0. The molecule has 0 saturated carbocycles. The number of ether oxygens (including phenoxy) is 1. The number of carbonyl (C=O) groups excluding carboxylic acids is 1. The molecular formula is C19H27N5O4S2. The van der Waals surface area contributed by atoms with Crippen LogP contribution in [0, 0.1) is 11.3 Å². The number of hydrogen-bond donors (Lipinski definition) is 1. The lowest BCUT2D eigenvalue weighted by atomic mass is 10.1. The third-order valence-electron chi connectivity index (χ3n) is 5.90. The first-order chi connectivity index (χ1) is 14.5. The summed E-state index contributed by atoms with van der Waals surface area (Å²) in [5.41, 5.74) is 1.73. The summed E-state index contributed by atoms with van der Waals surface area (Å²) in [5.74, 6) is -0.102. The molecule has 0 aromatic carbocycles. The predicted molar refractivity (Wildman–Crippen MR) is 114 cm³/mol. The summed E-state index contributed by atoms with van der Waals surface area (Å²) in [4.78, 5) is 15.8. The number of rotatable bonds is 6. The van der Waals surface area contributed by atoms with E-state index in [0.717, 1.165) is 24.8 Å². The smallest absolute Gasteiger partial charge is 0.282 e. The summed E-state index contributed by atoms with van der Waals surface area (Å²) >= 11 is 1.52. The number of fused-ring (bicyclic) bond motifs is 1. The molecule has 1 aromatic rings. The van der Waals surface area contributed by atoms with E-state index in [9.17, 15) is 18.5 Å². The van der Waals surface area contributed by atoms with Gasteiger partial charge in [-0.15, -0.1) is 11.3 Å². The van der Waals surface area contributed by atoms with Crippen molar-refractivity contribution in [3.05, 3.63) is 16.0 Å². The van der Waals surface area contributed by atoms with Crippen molar-refractivity contribution in [2.45, 2.75) is 25.7 Å². The maximum atomic E-state index is 12.7. The summed E-state index contributed by atoms with van der Waals surface area (Å²) in [6.45, 7) is 4.32. The van der Waals surface area contributed by atoms with Crippen LogP contribution < -0.4 is 5.32 Å². The lowest BCUT2D eigenvalue weighted by molar-refractivity contribution is -0.116. The van der Waals surface area contributed by atoms with E-state index in [4.69, 9.17) is 4.74 Å². The highest BCUT2D eigenvalue weighted by Crippen LogP contribution is 2.38. The molecule has 2 aliphatic heterocycles. The Kier molecular flexibility index (Phi) is 6.72. The van der Waals surface area contributed by atoms with Gasteiger partial charge in [0.1, 0.15) is 11.1 Å². The molecule has 2 fully saturated rings. The second-order valence-corrected chi connectivity index (χ2v) is 10.8. The van der Waals surface area contributed by atoms with Gasteiger partial charge in [0.25, 0.3) is 10.2 Å². The van der Waals surface area contributed by atoms with Gasteiger partial charge in [0.05, 0.1) is 18.8 Å². The number of carbonyl (C=O) groups is 1. The third kappa shape index (κ3) is 4.54. The molecule has 2 saturated heterocycles. The average Bonchev–Trinajstić information content (AvgIpc) is 3.34. The van der Waals surface area contributed by atoms with E-state index in [1.165, 1.54) is 24.8 Å². The SMILES string of the molecule is N#Cc1c(NC(=O)CCN2CCN(S(=O)(=O)N3CCOCC3)CC2)sc2c1CCC2. The Morgan fingerprint density at radius 3 is 2.50 bits per heavy atom. The predicted octanol–water partition coefficient (Wildman–Crippen LogP) is 0.632. The Labute approximate surface area is 181 Å². The number of nitrogens with one attached hydrogen (secondary N) is 1. The van der Waals surface area contributed by atoms with Crippen molar-refractivity contribution in [2.24, 2.45) is 0 Å². The molecule has 4 rings (SSSR count). The molecule has 0 radical (unpaired) electrons. The quantitative estimate of drug-likeness (QED) is 0.677. The minimum atomic E-state index is -3.44. The monoisotopic (exact) mass is 453 g/mol. The van der Waals surface area contributed by atoms with Gasteiger partial charge in [-0.25, -0.2) is 0 Å². The summed E-state index contributed by atoms with van der Waals surface area (Å²) in [6.07, 6.45) is 3.31. The van der Waals surface area contributed by atoms with Crippen LogP contribution in [-0.4, -0.2) is 86.9 Å². The first-order valence-corrected chi connectivity index (χ1v) is 12.6. The number of anilines is 1. The van der Waals surface area contributed by atoms with E-state index >= 15 is 0 Å². The van der Waals surface area contributed by atoms with Crippen molar-refractivity contribution in [2.75, 3.05) is 64.3 Å². The zero-order valence-electron chi connectivity index (χ0n) is 16.9. The number of nitriles is 1. The Balaban J connectivity index is 1.24. The van der Waals surface area contributed by atoms with Gasteiger partial charge in [-0.2, -0.15) is 22.3 Å². The Morgan fingerprint density at radius 1 is 1.10 bits per heavy atom. The highest BCUT2D eigenvalue weighted by Gasteiger charge is 2.33. The molecule has 1 aliphatic carbocycles. The Hall–Kier alpha value is -1.55. The van der Waals surface area contributed by atoms with Gasteiger partial charge in [0.15, 0.2) is 0 Å². The van der Waals surface area contributed by atoms with E-state index in [0.29, 0.717) is 76.0 Å². The van der Waals surface area contributed by atoms with Gasteiger partial charge in [-0.1, -0.05) is 0 Å². The Bertz CT molecular complexity index is 925. The number of nitrogens with zero attached hydrogens (tertiary/aromatic N) is 4. The highest BCUT2D eigenvalue weighted by molar-refractivity contribution is 7.86. The molecule has 1 N–H and O–H groups in total. The lowest BCUT2D eigenvalue weighted by Gasteiger charge is -2.37. The van der Waals surface area contributed by atoms with Crippen molar-refractivity contribution < 1.29 is 17.9 Å². The fourth-order valence-electron chi connectivity index (χ4n) is 4.18. The zero-order chi connectivity index (χ0) is 21.1. The van der Waals surface area contributed by atoms with Gasteiger partial charge in [0, 0.05) is 57.1 Å². The highest BCUT2D eigenvalue weighted by atomic mass is 32.2. The number of morpholine rings is 1. The lowest BCUT2D eigenvalue weighted by Crippen LogP contribution is -2.55. The van der Waals surface area contributed by atoms with Crippen LogP contribution in [0.25, 0.3) is 0 Å². The van der Waals surface area contributed by atoms with Crippen LogP contribution in [0.3, 0.4) is 0 Å². The third-order valence-corrected chi connectivity index (χ3v) is 9.14. The van der Waals surface area contributed by atoms with Crippen LogP contribution >= 0.6 is 11.3 Å². The van der Waals surface area contributed by atoms with E-state index in [1.807, 2.05) is 0 Å². The second-order valence-electron chi connectivity index (χ2n) is 7.73. The molecule has 0 atom stereocenters. The first-order valence-electron chi connectivity index (χ1n) is 10.4. The van der Waals surface area contributed by atoms with Crippen molar-refractivity contribution in [1.82, 2.24) is 13.5 Å². The van der Waals surface area contributed by atoms with Crippen LogP contribution in [0.5, 0.6) is 0 Å². The minimum Gasteiger partial charge on any atom is -0.379 e. The Morgan fingerprint density at radius 2 is 1.80 bits per heavy atom. The van der Waals surface area contributed by atoms with Crippen LogP contribution in [0.2, 0.25) is 0 Å². The van der Waals surface area contributed by atoms with Crippen molar-refractivity contribution >= 4 is 32.5 Å². The van der Waals surface area contributed by atoms with Crippen molar-refractivity contribution in [3.8, 4) is 6.07 Å². The maximum absolute atomic E-state index is 12.7. The fraction of sp³-hybridized carbons (Fsp3) is 0.684. The standard InChI is InChI=1S/C19H27N5O4S2/c20-14-16-15-2-1-3-17(15)29-19(16)21-18(25)4-5-22-6-8-23(9-7-22)30(26,27)24-10-12-28-13-11-24/h1-13H2,(H,21,25). The number of amides is 1. The normalized spacial score (nSPS) is 21.3. The van der Waals surface area contributed by atoms with E-state index in [-0.39, 0.29) is 5.91 Å². The average molecular weight is 454 g/mol. The maximum Gasteiger partial charge on any atom is 0.282 e. The van der Waals surface area contributed by atoms with Gasteiger partial charge < -0.3 is 15.0 Å². The number of thiophene rings is 1. The van der Waals surface area contributed by atoms with Crippen LogP contribution in [-0.2, 0) is 32.6 Å². The minimum absolute atomic E-state index is 0.102. The van der Waals surface area contributed by atoms with E-state index in [2.05, 4.69) is 16.3 Å². The summed E-state index contributed by atoms with van der Waals surface area (Å²) < 4.78 is 33.7. The molecule has 3 heterocycles. The van der Waals surface area contributed by atoms with Crippen LogP contribution in [0.15, 0.2) is 0 Å². The molecule has 11 heteroatoms. The zero-order valence-corrected chi connectivity index (χ0v) is 18.6. The molecule has 0 bridgehead atoms. The topological polar surface area (TPSA) is 106 Å². The van der Waals surface area contributed by atoms with Gasteiger partial charge >= 0.3 is 0 Å².